The van der Waals surface area contributed by atoms with Crippen molar-refractivity contribution in [2.75, 3.05) is 33.0 Å². The SMILES string of the molecule is CCOC(=O)C1CNCCN1Cc1ccc2c(c1)OCO2. The molecule has 0 amide bonds. The smallest absolute Gasteiger partial charge is 0.324 e. The Kier molecular flexibility index (Phi) is 4.26. The van der Waals surface area contributed by atoms with Crippen molar-refractivity contribution in [1.82, 2.24) is 10.2 Å². The molecule has 3 rings (SSSR count). The van der Waals surface area contributed by atoms with Crippen LogP contribution in [0.4, 0.5) is 0 Å². The van der Waals surface area contributed by atoms with Crippen LogP contribution < -0.4 is 14.8 Å². The highest BCUT2D eigenvalue weighted by atomic mass is 16.7. The molecule has 0 bridgehead atoms. The summed E-state index contributed by atoms with van der Waals surface area (Å²) in [5, 5.41) is 3.24. The van der Waals surface area contributed by atoms with Crippen molar-refractivity contribution >= 4 is 5.97 Å². The van der Waals surface area contributed by atoms with Crippen LogP contribution >= 0.6 is 0 Å². The first-order valence-corrected chi connectivity index (χ1v) is 7.28. The third kappa shape index (κ3) is 3.11. The van der Waals surface area contributed by atoms with Crippen LogP contribution in [0.15, 0.2) is 18.2 Å². The monoisotopic (exact) mass is 292 g/mol. The van der Waals surface area contributed by atoms with E-state index < -0.39 is 0 Å². The first kappa shape index (κ1) is 14.2. The predicted octanol–water partition coefficient (Wildman–Crippen LogP) is 0.752. The van der Waals surface area contributed by atoms with E-state index in [9.17, 15) is 4.79 Å². The van der Waals surface area contributed by atoms with Crippen molar-refractivity contribution in [3.8, 4) is 11.5 Å². The van der Waals surface area contributed by atoms with Gasteiger partial charge in [0.2, 0.25) is 6.79 Å². The van der Waals surface area contributed by atoms with Crippen molar-refractivity contribution < 1.29 is 19.0 Å². The fourth-order valence-electron chi connectivity index (χ4n) is 2.68. The molecule has 1 fully saturated rings. The number of nitrogens with zero attached hydrogens (tertiary/aromatic N) is 1. The predicted molar refractivity (Wildman–Crippen MR) is 76.3 cm³/mol. The number of fused-ring (bicyclic) bond motifs is 1. The first-order valence-electron chi connectivity index (χ1n) is 7.28. The highest BCUT2D eigenvalue weighted by Gasteiger charge is 2.30. The van der Waals surface area contributed by atoms with Gasteiger partial charge in [0.15, 0.2) is 11.5 Å². The maximum atomic E-state index is 12.0. The first-order chi connectivity index (χ1) is 10.3. The summed E-state index contributed by atoms with van der Waals surface area (Å²) in [5.41, 5.74) is 1.11. The minimum absolute atomic E-state index is 0.162. The van der Waals surface area contributed by atoms with Gasteiger partial charge >= 0.3 is 5.97 Å². The van der Waals surface area contributed by atoms with Gasteiger partial charge in [-0.2, -0.15) is 0 Å². The molecule has 2 heterocycles. The second-order valence-corrected chi connectivity index (χ2v) is 5.13. The zero-order valence-electron chi connectivity index (χ0n) is 12.1. The third-order valence-corrected chi connectivity index (χ3v) is 3.74. The lowest BCUT2D eigenvalue weighted by molar-refractivity contribution is -0.150. The molecule has 6 heteroatoms. The molecule has 2 aliphatic heterocycles. The fourth-order valence-corrected chi connectivity index (χ4v) is 2.68. The lowest BCUT2D eigenvalue weighted by Gasteiger charge is -2.34. The lowest BCUT2D eigenvalue weighted by atomic mass is 10.1. The van der Waals surface area contributed by atoms with E-state index in [1.54, 1.807) is 0 Å². The van der Waals surface area contributed by atoms with Crippen LogP contribution in [0.3, 0.4) is 0 Å². The number of nitrogens with one attached hydrogen (secondary N) is 1. The second-order valence-electron chi connectivity index (χ2n) is 5.13. The Labute approximate surface area is 124 Å². The van der Waals surface area contributed by atoms with Gasteiger partial charge in [-0.25, -0.2) is 0 Å². The molecular formula is C15H20N2O4. The maximum absolute atomic E-state index is 12.0. The molecule has 1 saturated heterocycles. The number of ether oxygens (including phenoxy) is 3. The van der Waals surface area contributed by atoms with Crippen LogP contribution in [-0.2, 0) is 16.1 Å². The second kappa shape index (κ2) is 6.32. The Hall–Kier alpha value is -1.79. The number of rotatable bonds is 4. The number of hydrogen-bond acceptors (Lipinski definition) is 6. The Balaban J connectivity index is 1.70. The van der Waals surface area contributed by atoms with Crippen molar-refractivity contribution in [1.29, 1.82) is 0 Å². The average Bonchev–Trinajstić information content (AvgIpc) is 2.95. The van der Waals surface area contributed by atoms with Gasteiger partial charge in [-0.05, 0) is 24.6 Å². The topological polar surface area (TPSA) is 60.0 Å². The van der Waals surface area contributed by atoms with Crippen molar-refractivity contribution in [2.45, 2.75) is 19.5 Å². The number of carbonyl (C=O) groups is 1. The summed E-state index contributed by atoms with van der Waals surface area (Å²) < 4.78 is 15.9. The Bertz CT molecular complexity index is 520. The van der Waals surface area contributed by atoms with Gasteiger partial charge in [0.25, 0.3) is 0 Å². The van der Waals surface area contributed by atoms with E-state index in [4.69, 9.17) is 14.2 Å². The molecule has 1 aromatic rings. The molecule has 0 aliphatic carbocycles. The highest BCUT2D eigenvalue weighted by Crippen LogP contribution is 2.33. The van der Waals surface area contributed by atoms with E-state index in [1.807, 2.05) is 25.1 Å². The Morgan fingerprint density at radius 1 is 1.43 bits per heavy atom. The van der Waals surface area contributed by atoms with Crippen molar-refractivity contribution in [2.24, 2.45) is 0 Å². The molecule has 21 heavy (non-hydrogen) atoms. The third-order valence-electron chi connectivity index (χ3n) is 3.74. The summed E-state index contributed by atoms with van der Waals surface area (Å²) in [7, 11) is 0. The molecule has 0 radical (unpaired) electrons. The molecular weight excluding hydrogens is 272 g/mol. The number of carbonyl (C=O) groups excluding carboxylic acids is 1. The number of piperazine rings is 1. The van der Waals surface area contributed by atoms with E-state index in [1.165, 1.54) is 0 Å². The molecule has 1 atom stereocenters. The minimum atomic E-state index is -0.232. The van der Waals surface area contributed by atoms with Crippen LogP contribution in [0.1, 0.15) is 12.5 Å². The molecule has 2 aliphatic rings. The summed E-state index contributed by atoms with van der Waals surface area (Å²) >= 11 is 0. The average molecular weight is 292 g/mol. The van der Waals surface area contributed by atoms with E-state index >= 15 is 0 Å². The standard InChI is InChI=1S/C15H20N2O4/c1-2-19-15(18)12-8-16-5-6-17(12)9-11-3-4-13-14(7-11)21-10-20-13/h3-4,7,12,16H,2,5-6,8-10H2,1H3. The summed E-state index contributed by atoms with van der Waals surface area (Å²) in [6.45, 7) is 5.53. The Morgan fingerprint density at radius 2 is 2.29 bits per heavy atom. The van der Waals surface area contributed by atoms with Gasteiger partial charge in [0, 0.05) is 26.2 Å². The molecule has 6 nitrogen and oxygen atoms in total. The lowest BCUT2D eigenvalue weighted by Crippen LogP contribution is -2.54. The van der Waals surface area contributed by atoms with Crippen LogP contribution in [0, 0.1) is 0 Å². The summed E-state index contributed by atoms with van der Waals surface area (Å²) in [6, 6.07) is 5.67. The van der Waals surface area contributed by atoms with Gasteiger partial charge in [-0.15, -0.1) is 0 Å². The van der Waals surface area contributed by atoms with Gasteiger partial charge in [0.05, 0.1) is 6.61 Å². The van der Waals surface area contributed by atoms with Gasteiger partial charge in [0.1, 0.15) is 6.04 Å². The normalized spacial score (nSPS) is 21.3. The van der Waals surface area contributed by atoms with E-state index in [0.717, 1.165) is 30.2 Å². The Morgan fingerprint density at radius 3 is 3.14 bits per heavy atom. The minimum Gasteiger partial charge on any atom is -0.465 e. The summed E-state index contributed by atoms with van der Waals surface area (Å²) in [6.07, 6.45) is 0. The molecule has 1 unspecified atom stereocenters. The van der Waals surface area contributed by atoms with E-state index in [0.29, 0.717) is 19.7 Å². The van der Waals surface area contributed by atoms with Gasteiger partial charge in [-0.1, -0.05) is 6.07 Å². The molecule has 0 saturated carbocycles. The zero-order valence-corrected chi connectivity index (χ0v) is 12.1. The van der Waals surface area contributed by atoms with E-state index in [-0.39, 0.29) is 18.8 Å². The molecule has 1 aromatic carbocycles. The number of benzene rings is 1. The molecule has 0 aromatic heterocycles. The van der Waals surface area contributed by atoms with Crippen LogP contribution in [0.25, 0.3) is 0 Å². The van der Waals surface area contributed by atoms with Gasteiger partial charge in [-0.3, -0.25) is 9.69 Å². The van der Waals surface area contributed by atoms with E-state index in [2.05, 4.69) is 10.2 Å². The van der Waals surface area contributed by atoms with Crippen molar-refractivity contribution in [3.05, 3.63) is 23.8 Å². The van der Waals surface area contributed by atoms with Gasteiger partial charge < -0.3 is 19.5 Å². The highest BCUT2D eigenvalue weighted by molar-refractivity contribution is 5.76. The fraction of sp³-hybridized carbons (Fsp3) is 0.533. The maximum Gasteiger partial charge on any atom is 0.324 e. The largest absolute Gasteiger partial charge is 0.465 e. The van der Waals surface area contributed by atoms with Crippen molar-refractivity contribution in [3.63, 3.8) is 0 Å². The van der Waals surface area contributed by atoms with Crippen LogP contribution in [0.2, 0.25) is 0 Å². The number of esters is 1. The zero-order chi connectivity index (χ0) is 14.7. The summed E-state index contributed by atoms with van der Waals surface area (Å²) in [5.74, 6) is 1.39. The summed E-state index contributed by atoms with van der Waals surface area (Å²) in [4.78, 5) is 14.2. The molecule has 0 spiro atoms. The van der Waals surface area contributed by atoms with Crippen LogP contribution in [0.5, 0.6) is 11.5 Å². The quantitative estimate of drug-likeness (QED) is 0.827. The number of hydrogen-bond donors (Lipinski definition) is 1. The van der Waals surface area contributed by atoms with Crippen LogP contribution in [-0.4, -0.2) is 49.9 Å². The molecule has 114 valence electrons. The molecule has 1 N–H and O–H groups in total.